The summed E-state index contributed by atoms with van der Waals surface area (Å²) in [5, 5.41) is 23.1. The first kappa shape index (κ1) is 20.4. The van der Waals surface area contributed by atoms with Crippen LogP contribution in [0.15, 0.2) is 24.5 Å². The number of halogens is 1. The number of phenolic OH excluding ortho intramolecular Hbond substituents is 1. The van der Waals surface area contributed by atoms with Crippen LogP contribution in [-0.4, -0.2) is 55.8 Å². The van der Waals surface area contributed by atoms with E-state index in [0.717, 1.165) is 25.9 Å². The topological polar surface area (TPSA) is 127 Å². The summed E-state index contributed by atoms with van der Waals surface area (Å²) < 4.78 is 0. The Kier molecular flexibility index (Phi) is 5.53. The molecule has 3 aromatic rings. The molecule has 0 radical (unpaired) electrons. The first-order valence-corrected chi connectivity index (χ1v) is 10.4. The number of nitrogens with one attached hydrogen (secondary N) is 3. The summed E-state index contributed by atoms with van der Waals surface area (Å²) in [4.78, 5) is 14.1. The van der Waals surface area contributed by atoms with Gasteiger partial charge < -0.3 is 26.0 Å². The molecule has 1 saturated heterocycles. The minimum Gasteiger partial charge on any atom is -0.508 e. The van der Waals surface area contributed by atoms with Crippen molar-refractivity contribution in [3.8, 4) is 5.75 Å². The maximum Gasteiger partial charge on any atom is 0.141 e. The highest BCUT2D eigenvalue weighted by atomic mass is 35.5. The van der Waals surface area contributed by atoms with Gasteiger partial charge in [-0.1, -0.05) is 11.6 Å². The van der Waals surface area contributed by atoms with Gasteiger partial charge in [0.2, 0.25) is 0 Å². The number of rotatable bonds is 5. The molecule has 30 heavy (non-hydrogen) atoms. The van der Waals surface area contributed by atoms with E-state index in [9.17, 15) is 5.11 Å². The molecule has 0 bridgehead atoms. The molecular weight excluding hydrogens is 402 g/mol. The van der Waals surface area contributed by atoms with E-state index in [1.165, 1.54) is 12.4 Å². The first-order chi connectivity index (χ1) is 14.3. The van der Waals surface area contributed by atoms with Crippen LogP contribution < -0.4 is 11.1 Å². The number of nitrogens with two attached hydrogens (primary N) is 1. The lowest BCUT2D eigenvalue weighted by molar-refractivity contribution is 0.177. The van der Waals surface area contributed by atoms with Crippen molar-refractivity contribution in [1.82, 2.24) is 19.9 Å². The van der Waals surface area contributed by atoms with Crippen LogP contribution in [0.2, 0.25) is 5.02 Å². The van der Waals surface area contributed by atoms with Crippen molar-refractivity contribution in [3.05, 3.63) is 40.8 Å². The van der Waals surface area contributed by atoms with Crippen molar-refractivity contribution >= 4 is 39.9 Å². The molecular formula is C21H26ClN7O. The largest absolute Gasteiger partial charge is 0.508 e. The average Bonchev–Trinajstić information content (AvgIpc) is 3.12. The van der Waals surface area contributed by atoms with E-state index in [1.54, 1.807) is 12.1 Å². The highest BCUT2D eigenvalue weighted by Gasteiger charge is 2.24. The van der Waals surface area contributed by atoms with E-state index in [-0.39, 0.29) is 23.3 Å². The summed E-state index contributed by atoms with van der Waals surface area (Å²) in [6.07, 6.45) is 3.41. The summed E-state index contributed by atoms with van der Waals surface area (Å²) in [5.41, 5.74) is 7.96. The Morgan fingerprint density at radius 3 is 2.73 bits per heavy atom. The second kappa shape index (κ2) is 8.12. The number of aromatic amines is 1. The molecule has 0 unspecified atom stereocenters. The van der Waals surface area contributed by atoms with Gasteiger partial charge in [0.05, 0.1) is 27.5 Å². The van der Waals surface area contributed by atoms with Gasteiger partial charge in [0.15, 0.2) is 0 Å². The Bertz CT molecular complexity index is 1090. The molecule has 0 aliphatic carbocycles. The van der Waals surface area contributed by atoms with Crippen molar-refractivity contribution < 1.29 is 5.11 Å². The normalized spacial score (nSPS) is 15.7. The van der Waals surface area contributed by atoms with E-state index in [1.807, 2.05) is 0 Å². The highest BCUT2D eigenvalue weighted by molar-refractivity contribution is 6.35. The van der Waals surface area contributed by atoms with Crippen LogP contribution in [0.1, 0.15) is 37.9 Å². The summed E-state index contributed by atoms with van der Waals surface area (Å²) in [6.45, 7) is 6.47. The average molecular weight is 428 g/mol. The molecule has 1 aliphatic heterocycles. The lowest BCUT2D eigenvalue weighted by Crippen LogP contribution is -2.42. The van der Waals surface area contributed by atoms with E-state index in [4.69, 9.17) is 22.7 Å². The van der Waals surface area contributed by atoms with Crippen molar-refractivity contribution in [3.63, 3.8) is 0 Å². The van der Waals surface area contributed by atoms with Gasteiger partial charge in [-0.3, -0.25) is 5.41 Å². The van der Waals surface area contributed by atoms with Gasteiger partial charge in [0, 0.05) is 36.6 Å². The minimum absolute atomic E-state index is 0.0715. The quantitative estimate of drug-likeness (QED) is 0.396. The Morgan fingerprint density at radius 2 is 2.03 bits per heavy atom. The molecule has 9 heteroatoms. The summed E-state index contributed by atoms with van der Waals surface area (Å²) in [5.74, 6) is 0.870. The van der Waals surface area contributed by atoms with Gasteiger partial charge in [0.1, 0.15) is 23.7 Å². The predicted molar refractivity (Wildman–Crippen MR) is 121 cm³/mol. The van der Waals surface area contributed by atoms with Crippen LogP contribution in [0.5, 0.6) is 5.75 Å². The van der Waals surface area contributed by atoms with Gasteiger partial charge in [0.25, 0.3) is 0 Å². The molecule has 4 rings (SSSR count). The number of hydrogen-bond donors (Lipinski definition) is 5. The number of anilines is 2. The van der Waals surface area contributed by atoms with Crippen molar-refractivity contribution in [2.24, 2.45) is 0 Å². The lowest BCUT2D eigenvalue weighted by Gasteiger charge is -2.35. The van der Waals surface area contributed by atoms with Crippen LogP contribution >= 0.6 is 11.6 Å². The van der Waals surface area contributed by atoms with E-state index >= 15 is 0 Å². The predicted octanol–water partition coefficient (Wildman–Crippen LogP) is 3.60. The number of phenols is 1. The van der Waals surface area contributed by atoms with E-state index in [2.05, 4.69) is 39.0 Å². The number of nitrogens with zero attached hydrogens (tertiary/aromatic N) is 3. The molecule has 0 amide bonds. The summed E-state index contributed by atoms with van der Waals surface area (Å²) in [7, 11) is 0. The number of hydrogen-bond acceptors (Lipinski definition) is 7. The Labute approximate surface area is 180 Å². The van der Waals surface area contributed by atoms with E-state index in [0.29, 0.717) is 39.0 Å². The molecule has 0 saturated carbocycles. The van der Waals surface area contributed by atoms with Gasteiger partial charge in [-0.15, -0.1) is 0 Å². The molecule has 6 N–H and O–H groups in total. The van der Waals surface area contributed by atoms with Crippen LogP contribution in [0, 0.1) is 5.41 Å². The smallest absolute Gasteiger partial charge is 0.141 e. The lowest BCUT2D eigenvalue weighted by atomic mass is 10.0. The van der Waals surface area contributed by atoms with Crippen LogP contribution in [0.25, 0.3) is 10.9 Å². The van der Waals surface area contributed by atoms with Crippen LogP contribution in [0.4, 0.5) is 11.6 Å². The van der Waals surface area contributed by atoms with Crippen molar-refractivity contribution in [2.75, 3.05) is 24.1 Å². The third-order valence-corrected chi connectivity index (χ3v) is 5.96. The molecule has 2 aromatic heterocycles. The number of likely N-dealkylation sites (tertiary alicyclic amines) is 1. The Morgan fingerprint density at radius 1 is 1.30 bits per heavy atom. The molecule has 1 aromatic carbocycles. The number of piperidine rings is 1. The second-order valence-electron chi connectivity index (χ2n) is 7.98. The summed E-state index contributed by atoms with van der Waals surface area (Å²) >= 11 is 6.22. The van der Waals surface area contributed by atoms with Crippen molar-refractivity contribution in [1.29, 1.82) is 5.41 Å². The number of benzene rings is 1. The maximum atomic E-state index is 9.79. The van der Waals surface area contributed by atoms with Crippen molar-refractivity contribution in [2.45, 2.75) is 38.8 Å². The number of H-pyrrole nitrogens is 1. The zero-order valence-corrected chi connectivity index (χ0v) is 17.8. The molecule has 1 fully saturated rings. The molecule has 8 nitrogen and oxygen atoms in total. The molecule has 0 spiro atoms. The summed E-state index contributed by atoms with van der Waals surface area (Å²) in [6, 6.07) is 5.62. The van der Waals surface area contributed by atoms with Gasteiger partial charge in [-0.2, -0.15) is 0 Å². The Hall–Kier alpha value is -2.84. The fourth-order valence-corrected chi connectivity index (χ4v) is 4.23. The fourth-order valence-electron chi connectivity index (χ4n) is 3.96. The third-order valence-electron chi connectivity index (χ3n) is 5.66. The first-order valence-electron chi connectivity index (χ1n) is 10.0. The fraction of sp³-hybridized carbons (Fsp3) is 0.381. The van der Waals surface area contributed by atoms with Gasteiger partial charge >= 0.3 is 0 Å². The number of aromatic hydroxyl groups is 1. The van der Waals surface area contributed by atoms with Crippen LogP contribution in [-0.2, 0) is 0 Å². The SMILES string of the molecule is CC(C)N1CCC(Nc2ncnc(N)c2C(=N)c2cc3cc(O)cc(Cl)c3[nH]2)CC1. The standard InChI is InChI=1S/C21H26ClN7O/c1-11(2)29-5-3-13(4-6-29)27-21-17(20(24)25-10-26-21)18(23)16-8-12-7-14(30)9-15(22)19(12)28-16/h7-11,13,23,28,30H,3-6H2,1-2H3,(H3,24,25,26,27). The monoisotopic (exact) mass is 427 g/mol. The molecule has 3 heterocycles. The zero-order chi connectivity index (χ0) is 21.4. The maximum absolute atomic E-state index is 9.79. The third kappa shape index (κ3) is 3.93. The van der Waals surface area contributed by atoms with Gasteiger partial charge in [-0.05, 0) is 38.8 Å². The Balaban J connectivity index is 1.62. The van der Waals surface area contributed by atoms with Crippen LogP contribution in [0.3, 0.4) is 0 Å². The second-order valence-corrected chi connectivity index (χ2v) is 8.39. The highest BCUT2D eigenvalue weighted by Crippen LogP contribution is 2.31. The number of aromatic nitrogens is 3. The molecule has 1 aliphatic rings. The van der Waals surface area contributed by atoms with Gasteiger partial charge in [-0.25, -0.2) is 9.97 Å². The zero-order valence-electron chi connectivity index (χ0n) is 17.0. The minimum atomic E-state index is 0.0715. The molecule has 0 atom stereocenters. The number of nitrogen functional groups attached to an aromatic ring is 1. The molecule has 158 valence electrons. The number of fused-ring (bicyclic) bond motifs is 1. The van der Waals surface area contributed by atoms with E-state index < -0.39 is 0 Å².